The number of nitrogens with two attached hydrogens (primary N) is 1. The average Bonchev–Trinajstić information content (AvgIpc) is 2.62. The third-order valence-corrected chi connectivity index (χ3v) is 4.51. The van der Waals surface area contributed by atoms with Crippen LogP contribution in [0.5, 0.6) is 0 Å². The molecule has 0 saturated carbocycles. The zero-order valence-electron chi connectivity index (χ0n) is 9.63. The van der Waals surface area contributed by atoms with E-state index >= 15 is 0 Å². The van der Waals surface area contributed by atoms with E-state index in [9.17, 15) is 4.39 Å². The molecule has 1 aromatic carbocycles. The molecule has 2 rings (SSSR count). The van der Waals surface area contributed by atoms with Gasteiger partial charge >= 0.3 is 0 Å². The summed E-state index contributed by atoms with van der Waals surface area (Å²) in [5.74, 6) is -0.260. The number of rotatable bonds is 2. The minimum atomic E-state index is -0.398. The molecule has 0 bridgehead atoms. The minimum Gasteiger partial charge on any atom is -0.320 e. The van der Waals surface area contributed by atoms with Gasteiger partial charge in [0, 0.05) is 19.8 Å². The normalized spacial score (nSPS) is 12.8. The zero-order chi connectivity index (χ0) is 12.6. The lowest BCUT2D eigenvalue weighted by Gasteiger charge is -2.11. The Morgan fingerprint density at radius 1 is 1.29 bits per heavy atom. The highest BCUT2D eigenvalue weighted by Gasteiger charge is 2.16. The molecule has 2 N–H and O–H groups in total. The van der Waals surface area contributed by atoms with E-state index in [1.807, 2.05) is 19.9 Å². The SMILES string of the molecule is Cc1cc(C(N)c2cc(Br)ccc2F)sc1C. The molecule has 17 heavy (non-hydrogen) atoms. The van der Waals surface area contributed by atoms with Crippen molar-refractivity contribution >= 4 is 27.3 Å². The van der Waals surface area contributed by atoms with Gasteiger partial charge in [-0.3, -0.25) is 0 Å². The highest BCUT2D eigenvalue weighted by Crippen LogP contribution is 2.31. The molecule has 1 nitrogen and oxygen atoms in total. The molecule has 1 aromatic heterocycles. The van der Waals surface area contributed by atoms with Crippen LogP contribution in [0.25, 0.3) is 0 Å². The van der Waals surface area contributed by atoms with Crippen LogP contribution in [0.3, 0.4) is 0 Å². The van der Waals surface area contributed by atoms with Gasteiger partial charge in [-0.15, -0.1) is 11.3 Å². The van der Waals surface area contributed by atoms with Gasteiger partial charge in [0.05, 0.1) is 6.04 Å². The van der Waals surface area contributed by atoms with Crippen LogP contribution in [0.1, 0.15) is 26.9 Å². The fraction of sp³-hybridized carbons (Fsp3) is 0.231. The van der Waals surface area contributed by atoms with Crippen LogP contribution < -0.4 is 5.73 Å². The Bertz CT molecular complexity index is 531. The van der Waals surface area contributed by atoms with Gasteiger partial charge in [-0.05, 0) is 43.7 Å². The molecule has 0 fully saturated rings. The molecule has 1 unspecified atom stereocenters. The lowest BCUT2D eigenvalue weighted by Crippen LogP contribution is -2.12. The van der Waals surface area contributed by atoms with Gasteiger partial charge in [-0.25, -0.2) is 4.39 Å². The van der Waals surface area contributed by atoms with E-state index in [1.165, 1.54) is 16.5 Å². The molecular weight excluding hydrogens is 301 g/mol. The number of benzene rings is 1. The van der Waals surface area contributed by atoms with Crippen molar-refractivity contribution in [1.29, 1.82) is 0 Å². The maximum absolute atomic E-state index is 13.7. The molecule has 1 atom stereocenters. The van der Waals surface area contributed by atoms with Gasteiger partial charge in [0.2, 0.25) is 0 Å². The van der Waals surface area contributed by atoms with Gasteiger partial charge in [-0.2, -0.15) is 0 Å². The highest BCUT2D eigenvalue weighted by molar-refractivity contribution is 9.10. The summed E-state index contributed by atoms with van der Waals surface area (Å²) in [6.07, 6.45) is 0. The molecule has 0 saturated heterocycles. The van der Waals surface area contributed by atoms with Gasteiger partial charge < -0.3 is 5.73 Å². The summed E-state index contributed by atoms with van der Waals surface area (Å²) in [6, 6.07) is 6.49. The zero-order valence-corrected chi connectivity index (χ0v) is 12.0. The maximum Gasteiger partial charge on any atom is 0.128 e. The second-order valence-electron chi connectivity index (χ2n) is 4.03. The Labute approximate surface area is 113 Å². The quantitative estimate of drug-likeness (QED) is 0.878. The highest BCUT2D eigenvalue weighted by atomic mass is 79.9. The smallest absolute Gasteiger partial charge is 0.128 e. The largest absolute Gasteiger partial charge is 0.320 e. The van der Waals surface area contributed by atoms with Crippen LogP contribution in [-0.4, -0.2) is 0 Å². The fourth-order valence-corrected chi connectivity index (χ4v) is 3.10. The van der Waals surface area contributed by atoms with Gasteiger partial charge in [0.25, 0.3) is 0 Å². The van der Waals surface area contributed by atoms with E-state index in [4.69, 9.17) is 5.73 Å². The van der Waals surface area contributed by atoms with Crippen LogP contribution in [-0.2, 0) is 0 Å². The topological polar surface area (TPSA) is 26.0 Å². The molecule has 90 valence electrons. The van der Waals surface area contributed by atoms with Crippen molar-refractivity contribution in [3.63, 3.8) is 0 Å². The molecule has 0 radical (unpaired) electrons. The predicted octanol–water partition coefficient (Wildman–Crippen LogP) is 4.31. The lowest BCUT2D eigenvalue weighted by molar-refractivity contribution is 0.600. The number of hydrogen-bond acceptors (Lipinski definition) is 2. The Kier molecular flexibility index (Phi) is 3.66. The van der Waals surface area contributed by atoms with E-state index in [-0.39, 0.29) is 5.82 Å². The van der Waals surface area contributed by atoms with Crippen molar-refractivity contribution in [2.24, 2.45) is 5.73 Å². The van der Waals surface area contributed by atoms with Crippen molar-refractivity contribution in [1.82, 2.24) is 0 Å². The van der Waals surface area contributed by atoms with Gasteiger partial charge in [0.1, 0.15) is 5.82 Å². The molecule has 2 aromatic rings. The summed E-state index contributed by atoms with van der Waals surface area (Å²) in [7, 11) is 0. The summed E-state index contributed by atoms with van der Waals surface area (Å²) >= 11 is 4.96. The summed E-state index contributed by atoms with van der Waals surface area (Å²) in [5.41, 5.74) is 7.85. The molecule has 4 heteroatoms. The first-order valence-electron chi connectivity index (χ1n) is 5.26. The van der Waals surface area contributed by atoms with E-state index in [0.29, 0.717) is 5.56 Å². The first kappa shape index (κ1) is 12.7. The molecule has 0 aliphatic heterocycles. The van der Waals surface area contributed by atoms with Crippen LogP contribution in [0.15, 0.2) is 28.7 Å². The van der Waals surface area contributed by atoms with Crippen LogP contribution >= 0.6 is 27.3 Å². The second-order valence-corrected chi connectivity index (χ2v) is 6.24. The minimum absolute atomic E-state index is 0.260. The predicted molar refractivity (Wildman–Crippen MR) is 73.9 cm³/mol. The first-order chi connectivity index (χ1) is 7.99. The van der Waals surface area contributed by atoms with E-state index in [2.05, 4.69) is 15.9 Å². The third kappa shape index (κ3) is 2.59. The summed E-state index contributed by atoms with van der Waals surface area (Å²) < 4.78 is 14.6. The maximum atomic E-state index is 13.7. The van der Waals surface area contributed by atoms with Gasteiger partial charge in [0.15, 0.2) is 0 Å². The molecule has 0 aliphatic rings. The van der Waals surface area contributed by atoms with Crippen molar-refractivity contribution in [3.8, 4) is 0 Å². The van der Waals surface area contributed by atoms with E-state index in [1.54, 1.807) is 23.5 Å². The third-order valence-electron chi connectivity index (χ3n) is 2.78. The van der Waals surface area contributed by atoms with Crippen molar-refractivity contribution in [3.05, 3.63) is 55.4 Å². The monoisotopic (exact) mass is 313 g/mol. The van der Waals surface area contributed by atoms with Crippen LogP contribution in [0.2, 0.25) is 0 Å². The number of thiophene rings is 1. The molecule has 0 amide bonds. The molecular formula is C13H13BrFNS. The van der Waals surface area contributed by atoms with Crippen molar-refractivity contribution in [2.75, 3.05) is 0 Å². The molecule has 0 spiro atoms. The van der Waals surface area contributed by atoms with Crippen LogP contribution in [0, 0.1) is 19.7 Å². The molecule has 1 heterocycles. The Morgan fingerprint density at radius 2 is 2.00 bits per heavy atom. The summed E-state index contributed by atoms with van der Waals surface area (Å²) in [4.78, 5) is 2.22. The van der Waals surface area contributed by atoms with Gasteiger partial charge in [-0.1, -0.05) is 15.9 Å². The van der Waals surface area contributed by atoms with Crippen LogP contribution in [0.4, 0.5) is 4.39 Å². The summed E-state index contributed by atoms with van der Waals surface area (Å²) in [6.45, 7) is 4.09. The Balaban J connectivity index is 2.42. The summed E-state index contributed by atoms with van der Waals surface area (Å²) in [5, 5.41) is 0. The standard InChI is InChI=1S/C13H13BrFNS/c1-7-5-12(17-8(7)2)13(16)10-6-9(14)3-4-11(10)15/h3-6,13H,16H2,1-2H3. The lowest BCUT2D eigenvalue weighted by atomic mass is 10.1. The number of aryl methyl sites for hydroxylation is 2. The first-order valence-corrected chi connectivity index (χ1v) is 6.87. The Morgan fingerprint density at radius 3 is 2.59 bits per heavy atom. The number of halogens is 2. The van der Waals surface area contributed by atoms with Crippen molar-refractivity contribution < 1.29 is 4.39 Å². The van der Waals surface area contributed by atoms with E-state index in [0.717, 1.165) is 9.35 Å². The van der Waals surface area contributed by atoms with Crippen molar-refractivity contribution in [2.45, 2.75) is 19.9 Å². The van der Waals surface area contributed by atoms with E-state index < -0.39 is 6.04 Å². The molecule has 0 aliphatic carbocycles. The average molecular weight is 314 g/mol. The fourth-order valence-electron chi connectivity index (χ4n) is 1.66. The second kappa shape index (κ2) is 4.88. The Hall–Kier alpha value is -0.710. The number of hydrogen-bond donors (Lipinski definition) is 1.